The van der Waals surface area contributed by atoms with Crippen LogP contribution in [0.4, 0.5) is 4.39 Å². The summed E-state index contributed by atoms with van der Waals surface area (Å²) in [5.74, 6) is 0.225. The first-order chi connectivity index (χ1) is 6.52. The Kier molecular flexibility index (Phi) is 3.64. The van der Waals surface area contributed by atoms with Crippen LogP contribution in [0, 0.1) is 17.7 Å². The Balaban J connectivity index is 2.83. The average Bonchev–Trinajstić information content (AvgIpc) is 2.15. The Labute approximate surface area is 84.6 Å². The van der Waals surface area contributed by atoms with E-state index in [9.17, 15) is 9.50 Å². The van der Waals surface area contributed by atoms with Crippen LogP contribution in [-0.2, 0) is 0 Å². The first-order valence-electron chi connectivity index (χ1n) is 4.96. The summed E-state index contributed by atoms with van der Waals surface area (Å²) in [6, 6.07) is 6.16. The van der Waals surface area contributed by atoms with E-state index in [4.69, 9.17) is 0 Å². The molecule has 0 aliphatic heterocycles. The molecule has 14 heavy (non-hydrogen) atoms. The molecular weight excluding hydrogens is 179 g/mol. The molecule has 78 valence electrons. The van der Waals surface area contributed by atoms with Crippen molar-refractivity contribution in [3.8, 4) is 0 Å². The van der Waals surface area contributed by atoms with Gasteiger partial charge in [-0.05, 0) is 29.5 Å². The number of hydrogen-bond donors (Lipinski definition) is 1. The SMILES string of the molecule is CC(C)C(C)C(O)c1cccc(F)c1. The maximum atomic E-state index is 12.9. The van der Waals surface area contributed by atoms with Crippen LogP contribution in [0.15, 0.2) is 24.3 Å². The van der Waals surface area contributed by atoms with Crippen molar-refractivity contribution in [3.63, 3.8) is 0 Å². The zero-order chi connectivity index (χ0) is 10.7. The highest BCUT2D eigenvalue weighted by Gasteiger charge is 2.19. The predicted molar refractivity (Wildman–Crippen MR) is 55.4 cm³/mol. The maximum absolute atomic E-state index is 12.9. The Morgan fingerprint density at radius 2 is 1.86 bits per heavy atom. The van der Waals surface area contributed by atoms with Crippen LogP contribution in [0.3, 0.4) is 0 Å². The fourth-order valence-electron chi connectivity index (χ4n) is 1.36. The van der Waals surface area contributed by atoms with Crippen molar-refractivity contribution in [1.29, 1.82) is 0 Å². The lowest BCUT2D eigenvalue weighted by atomic mass is 9.88. The summed E-state index contributed by atoms with van der Waals surface area (Å²) in [4.78, 5) is 0. The normalized spacial score (nSPS) is 15.6. The Hall–Kier alpha value is -0.890. The number of halogens is 1. The van der Waals surface area contributed by atoms with Crippen LogP contribution in [0.5, 0.6) is 0 Å². The van der Waals surface area contributed by atoms with E-state index in [2.05, 4.69) is 0 Å². The third-order valence-corrected chi connectivity index (χ3v) is 2.74. The average molecular weight is 196 g/mol. The van der Waals surface area contributed by atoms with Crippen molar-refractivity contribution in [2.24, 2.45) is 11.8 Å². The van der Waals surface area contributed by atoms with Crippen LogP contribution in [0.1, 0.15) is 32.4 Å². The summed E-state index contributed by atoms with van der Waals surface area (Å²) < 4.78 is 12.9. The molecule has 0 saturated carbocycles. The van der Waals surface area contributed by atoms with Gasteiger partial charge >= 0.3 is 0 Å². The topological polar surface area (TPSA) is 20.2 Å². The third-order valence-electron chi connectivity index (χ3n) is 2.74. The molecule has 0 aliphatic rings. The summed E-state index contributed by atoms with van der Waals surface area (Å²) in [6.07, 6.45) is -0.578. The van der Waals surface area contributed by atoms with Gasteiger partial charge in [0, 0.05) is 0 Å². The highest BCUT2D eigenvalue weighted by atomic mass is 19.1. The zero-order valence-corrected chi connectivity index (χ0v) is 8.87. The van der Waals surface area contributed by atoms with Gasteiger partial charge in [-0.3, -0.25) is 0 Å². The molecule has 0 radical (unpaired) electrons. The highest BCUT2D eigenvalue weighted by molar-refractivity contribution is 5.19. The number of rotatable bonds is 3. The molecule has 0 saturated heterocycles. The standard InChI is InChI=1S/C12H17FO/c1-8(2)9(3)12(14)10-5-4-6-11(13)7-10/h4-9,12,14H,1-3H3. The molecule has 0 spiro atoms. The lowest BCUT2D eigenvalue weighted by Gasteiger charge is -2.22. The number of benzene rings is 1. The van der Waals surface area contributed by atoms with E-state index in [0.717, 1.165) is 0 Å². The van der Waals surface area contributed by atoms with Crippen molar-refractivity contribution in [3.05, 3.63) is 35.6 Å². The van der Waals surface area contributed by atoms with E-state index in [1.165, 1.54) is 12.1 Å². The molecule has 0 amide bonds. The van der Waals surface area contributed by atoms with Crippen molar-refractivity contribution in [2.45, 2.75) is 26.9 Å². The second-order valence-corrected chi connectivity index (χ2v) is 4.10. The highest BCUT2D eigenvalue weighted by Crippen LogP contribution is 2.27. The predicted octanol–water partition coefficient (Wildman–Crippen LogP) is 3.15. The van der Waals surface area contributed by atoms with Gasteiger partial charge in [0.15, 0.2) is 0 Å². The van der Waals surface area contributed by atoms with Gasteiger partial charge in [0.1, 0.15) is 5.82 Å². The van der Waals surface area contributed by atoms with E-state index in [0.29, 0.717) is 11.5 Å². The van der Waals surface area contributed by atoms with Crippen LogP contribution < -0.4 is 0 Å². The molecule has 2 unspecified atom stereocenters. The molecule has 0 heterocycles. The molecular formula is C12H17FO. The minimum atomic E-state index is -0.578. The molecule has 0 fully saturated rings. The van der Waals surface area contributed by atoms with Crippen LogP contribution in [0.2, 0.25) is 0 Å². The third kappa shape index (κ3) is 2.55. The van der Waals surface area contributed by atoms with Gasteiger partial charge in [-0.1, -0.05) is 32.9 Å². The molecule has 2 atom stereocenters. The largest absolute Gasteiger partial charge is 0.388 e. The van der Waals surface area contributed by atoms with Gasteiger partial charge < -0.3 is 5.11 Å². The Morgan fingerprint density at radius 3 is 2.36 bits per heavy atom. The van der Waals surface area contributed by atoms with Crippen molar-refractivity contribution < 1.29 is 9.50 Å². The van der Waals surface area contributed by atoms with Gasteiger partial charge in [0.2, 0.25) is 0 Å². The van der Waals surface area contributed by atoms with Gasteiger partial charge in [-0.15, -0.1) is 0 Å². The van der Waals surface area contributed by atoms with Crippen LogP contribution in [0.25, 0.3) is 0 Å². The molecule has 0 aliphatic carbocycles. The number of aliphatic hydroxyl groups excluding tert-OH is 1. The smallest absolute Gasteiger partial charge is 0.123 e. The molecule has 1 aromatic rings. The Bertz CT molecular complexity index is 296. The number of aliphatic hydroxyl groups is 1. The molecule has 2 heteroatoms. The van der Waals surface area contributed by atoms with E-state index in [1.807, 2.05) is 20.8 Å². The van der Waals surface area contributed by atoms with Crippen LogP contribution >= 0.6 is 0 Å². The molecule has 1 aromatic carbocycles. The minimum absolute atomic E-state index is 0.136. The van der Waals surface area contributed by atoms with Gasteiger partial charge in [-0.25, -0.2) is 4.39 Å². The van der Waals surface area contributed by atoms with E-state index >= 15 is 0 Å². The monoisotopic (exact) mass is 196 g/mol. The fourth-order valence-corrected chi connectivity index (χ4v) is 1.36. The fraction of sp³-hybridized carbons (Fsp3) is 0.500. The van der Waals surface area contributed by atoms with Gasteiger partial charge in [0.05, 0.1) is 6.10 Å². The molecule has 0 bridgehead atoms. The first kappa shape index (κ1) is 11.2. The van der Waals surface area contributed by atoms with E-state index < -0.39 is 6.10 Å². The molecule has 1 nitrogen and oxygen atoms in total. The van der Waals surface area contributed by atoms with Gasteiger partial charge in [0.25, 0.3) is 0 Å². The molecule has 1 rings (SSSR count). The van der Waals surface area contributed by atoms with E-state index in [1.54, 1.807) is 12.1 Å². The van der Waals surface area contributed by atoms with Crippen molar-refractivity contribution in [2.75, 3.05) is 0 Å². The number of hydrogen-bond acceptors (Lipinski definition) is 1. The van der Waals surface area contributed by atoms with Crippen molar-refractivity contribution >= 4 is 0 Å². The molecule has 0 aromatic heterocycles. The Morgan fingerprint density at radius 1 is 1.21 bits per heavy atom. The molecule has 1 N–H and O–H groups in total. The quantitative estimate of drug-likeness (QED) is 0.787. The maximum Gasteiger partial charge on any atom is 0.123 e. The lowest BCUT2D eigenvalue weighted by molar-refractivity contribution is 0.0918. The van der Waals surface area contributed by atoms with Crippen LogP contribution in [-0.4, -0.2) is 5.11 Å². The second-order valence-electron chi connectivity index (χ2n) is 4.10. The van der Waals surface area contributed by atoms with E-state index in [-0.39, 0.29) is 11.7 Å². The second kappa shape index (κ2) is 4.56. The summed E-state index contributed by atoms with van der Waals surface area (Å²) in [5, 5.41) is 9.92. The first-order valence-corrected chi connectivity index (χ1v) is 4.96. The zero-order valence-electron chi connectivity index (χ0n) is 8.87. The summed E-state index contributed by atoms with van der Waals surface area (Å²) in [5.41, 5.74) is 0.659. The van der Waals surface area contributed by atoms with Crippen molar-refractivity contribution in [1.82, 2.24) is 0 Å². The van der Waals surface area contributed by atoms with Gasteiger partial charge in [-0.2, -0.15) is 0 Å². The lowest BCUT2D eigenvalue weighted by Crippen LogP contribution is -2.14. The minimum Gasteiger partial charge on any atom is -0.388 e. The summed E-state index contributed by atoms with van der Waals surface area (Å²) in [7, 11) is 0. The summed E-state index contributed by atoms with van der Waals surface area (Å²) >= 11 is 0. The summed E-state index contributed by atoms with van der Waals surface area (Å²) in [6.45, 7) is 6.07.